The molecule has 5 heterocycles. The van der Waals surface area contributed by atoms with Gasteiger partial charge in [0.05, 0.1) is 33.8 Å². The fourth-order valence-corrected chi connectivity index (χ4v) is 12.0. The Labute approximate surface area is 460 Å². The van der Waals surface area contributed by atoms with Crippen LogP contribution in [-0.2, 0) is 27.4 Å². The molecule has 78 heavy (non-hydrogen) atoms. The first kappa shape index (κ1) is 55.4. The Hall–Kier alpha value is -7.34. The Balaban J connectivity index is 0.862. The predicted molar refractivity (Wildman–Crippen MR) is 302 cm³/mol. The van der Waals surface area contributed by atoms with Crippen molar-refractivity contribution in [1.82, 2.24) is 30.4 Å². The van der Waals surface area contributed by atoms with Gasteiger partial charge in [-0.15, -0.1) is 11.3 Å². The van der Waals surface area contributed by atoms with E-state index in [4.69, 9.17) is 14.2 Å². The molecule has 9 rings (SSSR count). The molecule has 6 aromatic rings. The van der Waals surface area contributed by atoms with Crippen LogP contribution in [0, 0.1) is 33.6 Å². The van der Waals surface area contributed by atoms with E-state index in [9.17, 15) is 29.1 Å². The maximum absolute atomic E-state index is 14.6. The number of nitrogens with zero attached hydrogens (tertiary/aromatic N) is 4. The minimum atomic E-state index is -0.921. The summed E-state index contributed by atoms with van der Waals surface area (Å²) in [5.41, 5.74) is 11.9. The molecular weight excluding hydrogens is 1010 g/mol. The van der Waals surface area contributed by atoms with E-state index in [1.54, 1.807) is 34.4 Å². The third kappa shape index (κ3) is 12.0. The summed E-state index contributed by atoms with van der Waals surface area (Å²) < 4.78 is 18.1. The van der Waals surface area contributed by atoms with Gasteiger partial charge in [-0.25, -0.2) is 4.98 Å². The van der Waals surface area contributed by atoms with Crippen molar-refractivity contribution in [2.45, 2.75) is 118 Å². The highest BCUT2D eigenvalue weighted by molar-refractivity contribution is 7.13. The SMILES string of the molecule is CCN(c1cc(-c2ccc(OCCOc3ccc4c(c3)C(=O)N(C(C(=O)N3C[C@H](O)C[C@H]3C(=O)NC(C)c3ccc(-c5scnc5C)cc3)C(C)C)C4)c(C(=O)NCc3c(C)cc(C)[nH]c3=O)c2)ccc1C)C1CCOCC1. The van der Waals surface area contributed by atoms with E-state index in [-0.39, 0.29) is 68.6 Å². The monoisotopic (exact) mass is 1080 g/mol. The smallest absolute Gasteiger partial charge is 0.255 e. The van der Waals surface area contributed by atoms with Crippen molar-refractivity contribution in [2.75, 3.05) is 44.4 Å². The second kappa shape index (κ2) is 24.1. The molecule has 2 saturated heterocycles. The summed E-state index contributed by atoms with van der Waals surface area (Å²) in [7, 11) is 0. The highest BCUT2D eigenvalue weighted by atomic mass is 32.1. The van der Waals surface area contributed by atoms with E-state index in [1.165, 1.54) is 4.90 Å². The molecule has 4 N–H and O–H groups in total. The molecule has 2 aromatic heterocycles. The lowest BCUT2D eigenvalue weighted by Gasteiger charge is -2.36. The van der Waals surface area contributed by atoms with Gasteiger partial charge in [0.2, 0.25) is 11.8 Å². The summed E-state index contributed by atoms with van der Waals surface area (Å²) in [5, 5.41) is 16.9. The number of hydrogen-bond donors (Lipinski definition) is 4. The number of hydrogen-bond acceptors (Lipinski definition) is 12. The molecule has 4 aromatic carbocycles. The van der Waals surface area contributed by atoms with Gasteiger partial charge in [-0.3, -0.25) is 24.0 Å². The number of H-pyrrole nitrogens is 1. The number of aromatic nitrogens is 2. The van der Waals surface area contributed by atoms with Gasteiger partial charge in [0.15, 0.2) is 0 Å². The van der Waals surface area contributed by atoms with Crippen LogP contribution in [0.15, 0.2) is 95.2 Å². The lowest BCUT2D eigenvalue weighted by Crippen LogP contribution is -2.55. The molecule has 3 aliphatic heterocycles. The average Bonchev–Trinajstić information content (AvgIpc) is 4.19. The Bertz CT molecular complexity index is 3240. The largest absolute Gasteiger partial charge is 0.490 e. The van der Waals surface area contributed by atoms with E-state index >= 15 is 0 Å². The summed E-state index contributed by atoms with van der Waals surface area (Å²) in [6, 6.07) is 25.1. The zero-order chi connectivity index (χ0) is 55.4. The Kier molecular flexibility index (Phi) is 17.1. The Morgan fingerprint density at radius 1 is 0.885 bits per heavy atom. The molecule has 2 fully saturated rings. The molecule has 4 amide bonds. The van der Waals surface area contributed by atoms with E-state index < -0.39 is 30.0 Å². The maximum Gasteiger partial charge on any atom is 0.255 e. The van der Waals surface area contributed by atoms with Crippen molar-refractivity contribution >= 4 is 40.7 Å². The Morgan fingerprint density at radius 3 is 2.31 bits per heavy atom. The van der Waals surface area contributed by atoms with Crippen LogP contribution >= 0.6 is 11.3 Å². The first-order valence-corrected chi connectivity index (χ1v) is 27.9. The number of fused-ring (bicyclic) bond motifs is 1. The van der Waals surface area contributed by atoms with Crippen LogP contribution in [0.3, 0.4) is 0 Å². The van der Waals surface area contributed by atoms with Crippen molar-refractivity contribution in [3.8, 4) is 33.1 Å². The number of rotatable bonds is 19. The van der Waals surface area contributed by atoms with Crippen LogP contribution in [0.4, 0.5) is 5.69 Å². The van der Waals surface area contributed by atoms with Crippen molar-refractivity contribution in [2.24, 2.45) is 5.92 Å². The number of carbonyl (C=O) groups excluding carboxylic acids is 4. The second-order valence-electron chi connectivity index (χ2n) is 21.1. The summed E-state index contributed by atoms with van der Waals surface area (Å²) in [6.45, 7) is 18.2. The lowest BCUT2D eigenvalue weighted by molar-refractivity contribution is -0.143. The predicted octanol–water partition coefficient (Wildman–Crippen LogP) is 8.61. The minimum absolute atomic E-state index is 0.0167. The van der Waals surface area contributed by atoms with Crippen LogP contribution in [-0.4, -0.2) is 112 Å². The average molecular weight is 1080 g/mol. The molecule has 16 nitrogen and oxygen atoms in total. The number of ether oxygens (including phenoxy) is 3. The molecular formula is C61H71N7O9S. The van der Waals surface area contributed by atoms with Crippen LogP contribution in [0.1, 0.15) is 113 Å². The number of β-amino-alcohol motifs (C(OH)–C–C–N with tert-alkyl or cyclic N) is 1. The van der Waals surface area contributed by atoms with E-state index in [0.717, 1.165) is 93.5 Å². The maximum atomic E-state index is 14.6. The molecule has 4 atom stereocenters. The van der Waals surface area contributed by atoms with Gasteiger partial charge in [0.25, 0.3) is 17.4 Å². The topological polar surface area (TPSA) is 196 Å². The third-order valence-corrected chi connectivity index (χ3v) is 16.3. The van der Waals surface area contributed by atoms with Gasteiger partial charge < -0.3 is 49.6 Å². The number of benzene rings is 4. The number of amides is 4. The number of likely N-dealkylation sites (tertiary alicyclic amines) is 1. The molecule has 0 radical (unpaired) electrons. The molecule has 0 spiro atoms. The zero-order valence-electron chi connectivity index (χ0n) is 45.8. The summed E-state index contributed by atoms with van der Waals surface area (Å²) in [5.74, 6) is -1.08. The summed E-state index contributed by atoms with van der Waals surface area (Å²) >= 11 is 1.57. The molecule has 17 heteroatoms. The fraction of sp³-hybridized carbons (Fsp3) is 0.410. The first-order valence-electron chi connectivity index (χ1n) is 27.0. The van der Waals surface area contributed by atoms with Gasteiger partial charge in [0.1, 0.15) is 36.8 Å². The zero-order valence-corrected chi connectivity index (χ0v) is 46.6. The highest BCUT2D eigenvalue weighted by Crippen LogP contribution is 2.36. The van der Waals surface area contributed by atoms with Crippen LogP contribution < -0.4 is 30.6 Å². The van der Waals surface area contributed by atoms with Gasteiger partial charge >= 0.3 is 0 Å². The third-order valence-electron chi connectivity index (χ3n) is 15.4. The summed E-state index contributed by atoms with van der Waals surface area (Å²) in [6.07, 6.45) is 1.08. The highest BCUT2D eigenvalue weighted by Gasteiger charge is 2.46. The van der Waals surface area contributed by atoms with Gasteiger partial charge in [0, 0.05) is 74.4 Å². The van der Waals surface area contributed by atoms with Gasteiger partial charge in [-0.05, 0) is 136 Å². The van der Waals surface area contributed by atoms with Crippen molar-refractivity contribution in [1.29, 1.82) is 0 Å². The van der Waals surface area contributed by atoms with Crippen LogP contribution in [0.25, 0.3) is 21.6 Å². The van der Waals surface area contributed by atoms with E-state index in [1.807, 2.05) is 95.6 Å². The molecule has 3 aliphatic rings. The molecule has 0 saturated carbocycles. The van der Waals surface area contributed by atoms with Crippen molar-refractivity contribution in [3.63, 3.8) is 0 Å². The standard InChI is InChI=1S/C61H71N7O9S/c1-9-66(46-20-22-75-23-21-46)52-28-44(11-10-36(52)4)43-17-19-54(50(27-43)57(70)62-31-51-37(5)26-38(6)64-58(51)71)77-25-24-76-48-18-16-45-32-68(60(73)49(45)30-48)55(35(2)3)61(74)67-33-47(69)29-53(67)59(72)65-39(7)41-12-14-42(15-13-41)56-40(8)63-34-78-56/h10-19,26-28,30,34-35,39,46-47,53,55,69H,9,20-25,29,31-33H2,1-8H3,(H,62,70)(H,64,71)(H,65,72)/t39?,47-,53+,55?/m1/s1. The first-order chi connectivity index (χ1) is 37.5. The van der Waals surface area contributed by atoms with Crippen molar-refractivity contribution < 1.29 is 38.5 Å². The number of aryl methyl sites for hydroxylation is 4. The molecule has 0 bridgehead atoms. The van der Waals surface area contributed by atoms with Gasteiger partial charge in [-0.1, -0.05) is 62.4 Å². The number of carbonyl (C=O) groups is 4. The van der Waals surface area contributed by atoms with Gasteiger partial charge in [-0.2, -0.15) is 0 Å². The van der Waals surface area contributed by atoms with Crippen LogP contribution in [0.2, 0.25) is 0 Å². The normalized spacial score (nSPS) is 17.2. The number of aliphatic hydroxyl groups is 1. The fourth-order valence-electron chi connectivity index (χ4n) is 11.2. The number of nitrogens with one attached hydrogen (secondary N) is 3. The second-order valence-corrected chi connectivity index (χ2v) is 22.0. The van der Waals surface area contributed by atoms with E-state index in [0.29, 0.717) is 34.2 Å². The number of thiazole rings is 1. The molecule has 2 unspecified atom stereocenters. The van der Waals surface area contributed by atoms with Crippen molar-refractivity contribution in [3.05, 3.63) is 151 Å². The number of pyridine rings is 1. The molecule has 0 aliphatic carbocycles. The number of anilines is 1. The lowest BCUT2D eigenvalue weighted by atomic mass is 9.98. The molecule has 410 valence electrons. The summed E-state index contributed by atoms with van der Waals surface area (Å²) in [4.78, 5) is 83.6. The van der Waals surface area contributed by atoms with Crippen LogP contribution in [0.5, 0.6) is 11.5 Å². The minimum Gasteiger partial charge on any atom is -0.490 e. The quantitative estimate of drug-likeness (QED) is 0.0567. The number of aromatic amines is 1. The number of aliphatic hydroxyl groups excluding tert-OH is 1. The Morgan fingerprint density at radius 2 is 1.60 bits per heavy atom. The van der Waals surface area contributed by atoms with E-state index in [2.05, 4.69) is 57.5 Å².